The molecule has 0 aliphatic carbocycles. The lowest BCUT2D eigenvalue weighted by atomic mass is 10.1. The number of aliphatic carboxylic acids is 1. The molecule has 0 saturated carbocycles. The Hall–Kier alpha value is -0.950. The fraction of sp³-hybridized carbons (Fsp3) is 0.818. The highest BCUT2D eigenvalue weighted by molar-refractivity contribution is 7.98. The number of rotatable bonds is 7. The lowest BCUT2D eigenvalue weighted by Crippen LogP contribution is -2.55. The molecule has 0 aromatic heterocycles. The van der Waals surface area contributed by atoms with Crippen LogP contribution in [0.5, 0.6) is 0 Å². The maximum absolute atomic E-state index is 11.9. The van der Waals surface area contributed by atoms with E-state index in [0.717, 1.165) is 0 Å². The number of urea groups is 1. The third kappa shape index (κ3) is 5.14. The van der Waals surface area contributed by atoms with Crippen molar-refractivity contribution in [3.8, 4) is 0 Å². The van der Waals surface area contributed by atoms with Crippen LogP contribution in [0.2, 0.25) is 0 Å². The number of aliphatic hydroxyl groups excluding tert-OH is 1. The second kappa shape index (κ2) is 7.48. The molecular weight excluding hydrogens is 256 g/mol. The zero-order chi connectivity index (χ0) is 14.3. The maximum atomic E-state index is 11.9. The first-order valence-corrected chi connectivity index (χ1v) is 7.02. The Morgan fingerprint density at radius 3 is 2.39 bits per heavy atom. The van der Waals surface area contributed by atoms with Crippen LogP contribution in [-0.2, 0) is 4.79 Å². The van der Waals surface area contributed by atoms with E-state index >= 15 is 0 Å². The Balaban J connectivity index is 4.55. The van der Waals surface area contributed by atoms with Crippen molar-refractivity contribution in [1.29, 1.82) is 0 Å². The van der Waals surface area contributed by atoms with E-state index in [9.17, 15) is 9.59 Å². The van der Waals surface area contributed by atoms with Gasteiger partial charge < -0.3 is 20.4 Å². The second-order valence-electron chi connectivity index (χ2n) is 4.65. The van der Waals surface area contributed by atoms with Crippen molar-refractivity contribution in [2.45, 2.75) is 31.8 Å². The number of aliphatic hydroxyl groups is 1. The SMILES string of the molecule is CSCCC(NC(=O)N(C)C(C)(C)CO)C(=O)O. The van der Waals surface area contributed by atoms with Gasteiger partial charge in [0.2, 0.25) is 0 Å². The van der Waals surface area contributed by atoms with Gasteiger partial charge in [0, 0.05) is 7.05 Å². The molecule has 0 bridgehead atoms. The van der Waals surface area contributed by atoms with Crippen LogP contribution >= 0.6 is 11.8 Å². The van der Waals surface area contributed by atoms with Crippen LogP contribution in [0.3, 0.4) is 0 Å². The summed E-state index contributed by atoms with van der Waals surface area (Å²) in [5.74, 6) is -0.391. The van der Waals surface area contributed by atoms with Crippen LogP contribution in [0.25, 0.3) is 0 Å². The molecule has 0 aliphatic rings. The summed E-state index contributed by atoms with van der Waals surface area (Å²) in [4.78, 5) is 24.2. The molecule has 6 nitrogen and oxygen atoms in total. The first-order chi connectivity index (χ1) is 8.26. The molecule has 106 valence electrons. The van der Waals surface area contributed by atoms with Gasteiger partial charge in [-0.15, -0.1) is 0 Å². The summed E-state index contributed by atoms with van der Waals surface area (Å²) in [6, 6.07) is -1.40. The summed E-state index contributed by atoms with van der Waals surface area (Å²) in [6.07, 6.45) is 2.25. The van der Waals surface area contributed by atoms with E-state index < -0.39 is 23.6 Å². The number of hydrogen-bond donors (Lipinski definition) is 3. The van der Waals surface area contributed by atoms with Crippen LogP contribution in [0, 0.1) is 0 Å². The van der Waals surface area contributed by atoms with Gasteiger partial charge in [0.1, 0.15) is 6.04 Å². The van der Waals surface area contributed by atoms with Crippen molar-refractivity contribution < 1.29 is 19.8 Å². The zero-order valence-electron chi connectivity index (χ0n) is 11.3. The number of nitrogens with zero attached hydrogens (tertiary/aromatic N) is 1. The third-order valence-corrected chi connectivity index (χ3v) is 3.45. The van der Waals surface area contributed by atoms with Gasteiger partial charge in [-0.3, -0.25) is 0 Å². The summed E-state index contributed by atoms with van der Waals surface area (Å²) >= 11 is 1.52. The summed E-state index contributed by atoms with van der Waals surface area (Å²) in [5.41, 5.74) is -0.730. The predicted molar refractivity (Wildman–Crippen MR) is 71.9 cm³/mol. The lowest BCUT2D eigenvalue weighted by molar-refractivity contribution is -0.139. The Morgan fingerprint density at radius 2 is 2.00 bits per heavy atom. The normalized spacial score (nSPS) is 12.9. The highest BCUT2D eigenvalue weighted by Gasteiger charge is 2.29. The average molecular weight is 278 g/mol. The molecule has 0 spiro atoms. The van der Waals surface area contributed by atoms with Crippen molar-refractivity contribution in [3.05, 3.63) is 0 Å². The molecule has 1 unspecified atom stereocenters. The zero-order valence-corrected chi connectivity index (χ0v) is 12.1. The highest BCUT2D eigenvalue weighted by atomic mass is 32.2. The molecule has 0 radical (unpaired) electrons. The number of carbonyl (C=O) groups excluding carboxylic acids is 1. The largest absolute Gasteiger partial charge is 0.480 e. The molecule has 0 saturated heterocycles. The second-order valence-corrected chi connectivity index (χ2v) is 5.64. The molecule has 0 fully saturated rings. The minimum Gasteiger partial charge on any atom is -0.480 e. The Morgan fingerprint density at radius 1 is 1.44 bits per heavy atom. The van der Waals surface area contributed by atoms with Crippen LogP contribution in [0.1, 0.15) is 20.3 Å². The number of carboxylic acids is 1. The van der Waals surface area contributed by atoms with E-state index in [-0.39, 0.29) is 6.61 Å². The minimum atomic E-state index is -1.05. The van der Waals surface area contributed by atoms with Gasteiger partial charge >= 0.3 is 12.0 Å². The number of likely N-dealkylation sites (N-methyl/N-ethyl adjacent to an activating group) is 1. The average Bonchev–Trinajstić information content (AvgIpc) is 2.32. The molecule has 0 aliphatic heterocycles. The monoisotopic (exact) mass is 278 g/mol. The van der Waals surface area contributed by atoms with Gasteiger partial charge in [-0.05, 0) is 32.3 Å². The number of carbonyl (C=O) groups is 2. The topological polar surface area (TPSA) is 89.9 Å². The van der Waals surface area contributed by atoms with Crippen LogP contribution in [0.4, 0.5) is 4.79 Å². The summed E-state index contributed by atoms with van der Waals surface area (Å²) in [5, 5.41) is 20.6. The molecule has 1 atom stereocenters. The maximum Gasteiger partial charge on any atom is 0.326 e. The number of amides is 2. The van der Waals surface area contributed by atoms with E-state index in [1.165, 1.54) is 23.7 Å². The van der Waals surface area contributed by atoms with Gasteiger partial charge in [0.05, 0.1) is 12.1 Å². The molecule has 2 amide bonds. The van der Waals surface area contributed by atoms with Gasteiger partial charge in [-0.25, -0.2) is 9.59 Å². The summed E-state index contributed by atoms with van der Waals surface area (Å²) in [6.45, 7) is 3.20. The van der Waals surface area contributed by atoms with Crippen LogP contribution < -0.4 is 5.32 Å². The summed E-state index contributed by atoms with van der Waals surface area (Å²) < 4.78 is 0. The molecule has 0 heterocycles. The number of thioether (sulfide) groups is 1. The molecule has 3 N–H and O–H groups in total. The Labute approximate surface area is 112 Å². The van der Waals surface area contributed by atoms with Crippen molar-refractivity contribution in [1.82, 2.24) is 10.2 Å². The molecule has 0 aromatic carbocycles. The number of hydrogen-bond acceptors (Lipinski definition) is 4. The lowest BCUT2D eigenvalue weighted by Gasteiger charge is -2.34. The number of carboxylic acid groups (broad SMARTS) is 1. The van der Waals surface area contributed by atoms with E-state index in [2.05, 4.69) is 5.32 Å². The van der Waals surface area contributed by atoms with Crippen molar-refractivity contribution in [2.75, 3.05) is 25.7 Å². The van der Waals surface area contributed by atoms with E-state index in [0.29, 0.717) is 12.2 Å². The molecule has 18 heavy (non-hydrogen) atoms. The fourth-order valence-electron chi connectivity index (χ4n) is 1.12. The van der Waals surface area contributed by atoms with Gasteiger partial charge in [0.15, 0.2) is 0 Å². The third-order valence-electron chi connectivity index (χ3n) is 2.81. The van der Waals surface area contributed by atoms with E-state index in [4.69, 9.17) is 10.2 Å². The standard InChI is InChI=1S/C11H22N2O4S/c1-11(2,7-14)13(3)10(17)12-8(9(15)16)5-6-18-4/h8,14H,5-7H2,1-4H3,(H,12,17)(H,15,16). The molecule has 7 heteroatoms. The Kier molecular flexibility index (Phi) is 7.08. The van der Waals surface area contributed by atoms with Gasteiger partial charge in [-0.1, -0.05) is 0 Å². The fourth-order valence-corrected chi connectivity index (χ4v) is 1.59. The van der Waals surface area contributed by atoms with Gasteiger partial charge in [0.25, 0.3) is 0 Å². The first kappa shape index (κ1) is 17.1. The van der Waals surface area contributed by atoms with Gasteiger partial charge in [-0.2, -0.15) is 11.8 Å². The number of nitrogens with one attached hydrogen (secondary N) is 1. The molecule has 0 aromatic rings. The Bertz CT molecular complexity index is 297. The molecule has 0 rings (SSSR count). The van der Waals surface area contributed by atoms with E-state index in [1.54, 1.807) is 13.8 Å². The first-order valence-electron chi connectivity index (χ1n) is 5.63. The van der Waals surface area contributed by atoms with E-state index in [1.807, 2.05) is 6.26 Å². The van der Waals surface area contributed by atoms with Crippen LogP contribution in [0.15, 0.2) is 0 Å². The minimum absolute atomic E-state index is 0.195. The van der Waals surface area contributed by atoms with Crippen molar-refractivity contribution in [3.63, 3.8) is 0 Å². The quantitative estimate of drug-likeness (QED) is 0.634. The van der Waals surface area contributed by atoms with Crippen LogP contribution in [-0.4, -0.2) is 64.4 Å². The summed E-state index contributed by atoms with van der Waals surface area (Å²) in [7, 11) is 1.53. The van der Waals surface area contributed by atoms with Crippen molar-refractivity contribution in [2.24, 2.45) is 0 Å². The smallest absolute Gasteiger partial charge is 0.326 e. The van der Waals surface area contributed by atoms with Crippen molar-refractivity contribution >= 4 is 23.8 Å². The predicted octanol–water partition coefficient (Wildman–Crippen LogP) is 0.605. The highest BCUT2D eigenvalue weighted by Crippen LogP contribution is 2.11. The molecular formula is C11H22N2O4S.